The molecule has 0 spiro atoms. The smallest absolute Gasteiger partial charge is 0.234 e. The zero-order valence-corrected chi connectivity index (χ0v) is 14.6. The Balaban J connectivity index is 1.60. The molecule has 5 heteroatoms. The van der Waals surface area contributed by atoms with Gasteiger partial charge in [0.05, 0.1) is 5.69 Å². The number of benzene rings is 2. The fourth-order valence-electron chi connectivity index (χ4n) is 3.09. The van der Waals surface area contributed by atoms with Crippen molar-refractivity contribution in [3.8, 4) is 16.9 Å². The molecule has 0 aliphatic heterocycles. The number of rotatable bonds is 4. The number of fused-ring (bicyclic) bond motifs is 1. The molecule has 0 radical (unpaired) electrons. The average molecular weight is 347 g/mol. The van der Waals surface area contributed by atoms with Crippen LogP contribution in [0.2, 0.25) is 0 Å². The maximum Gasteiger partial charge on any atom is 0.234 e. The predicted octanol–water partition coefficient (Wildman–Crippen LogP) is 4.73. The van der Waals surface area contributed by atoms with Gasteiger partial charge in [0.2, 0.25) is 5.78 Å². The van der Waals surface area contributed by atoms with E-state index in [0.29, 0.717) is 18.1 Å². The van der Waals surface area contributed by atoms with Gasteiger partial charge in [-0.3, -0.25) is 4.40 Å². The Morgan fingerprint density at radius 3 is 2.46 bits per heavy atom. The SMILES string of the molecule is Cc1cccc(C)c1-c1cnc2nc(COc3ccc(F)cc3)cn2c1. The van der Waals surface area contributed by atoms with Crippen molar-refractivity contribution in [2.24, 2.45) is 0 Å². The molecular formula is C21H18FN3O. The van der Waals surface area contributed by atoms with Crippen LogP contribution in [-0.2, 0) is 6.61 Å². The van der Waals surface area contributed by atoms with E-state index < -0.39 is 0 Å². The van der Waals surface area contributed by atoms with E-state index in [-0.39, 0.29) is 5.82 Å². The van der Waals surface area contributed by atoms with Crippen molar-refractivity contribution in [2.75, 3.05) is 0 Å². The first-order chi connectivity index (χ1) is 12.6. The van der Waals surface area contributed by atoms with Crippen LogP contribution in [0.1, 0.15) is 16.8 Å². The van der Waals surface area contributed by atoms with Gasteiger partial charge >= 0.3 is 0 Å². The van der Waals surface area contributed by atoms with Crippen molar-refractivity contribution in [3.63, 3.8) is 0 Å². The molecule has 0 unspecified atom stereocenters. The maximum atomic E-state index is 12.9. The molecule has 0 saturated heterocycles. The van der Waals surface area contributed by atoms with Crippen molar-refractivity contribution < 1.29 is 9.13 Å². The van der Waals surface area contributed by atoms with Crippen molar-refractivity contribution in [1.82, 2.24) is 14.4 Å². The molecular weight excluding hydrogens is 329 g/mol. The van der Waals surface area contributed by atoms with E-state index in [1.165, 1.54) is 28.8 Å². The van der Waals surface area contributed by atoms with Gasteiger partial charge in [-0.2, -0.15) is 0 Å². The fourth-order valence-corrected chi connectivity index (χ4v) is 3.09. The highest BCUT2D eigenvalue weighted by atomic mass is 19.1. The minimum atomic E-state index is -0.284. The molecule has 2 aromatic carbocycles. The molecule has 2 aromatic heterocycles. The molecule has 4 aromatic rings. The monoisotopic (exact) mass is 347 g/mol. The number of hydrogen-bond donors (Lipinski definition) is 0. The lowest BCUT2D eigenvalue weighted by Gasteiger charge is -2.09. The van der Waals surface area contributed by atoms with E-state index in [2.05, 4.69) is 42.0 Å². The summed E-state index contributed by atoms with van der Waals surface area (Å²) < 4.78 is 20.5. The van der Waals surface area contributed by atoms with E-state index >= 15 is 0 Å². The molecule has 0 saturated carbocycles. The highest BCUT2D eigenvalue weighted by Gasteiger charge is 2.09. The fraction of sp³-hybridized carbons (Fsp3) is 0.143. The third-order valence-corrected chi connectivity index (χ3v) is 4.33. The molecule has 0 atom stereocenters. The Bertz CT molecular complexity index is 1050. The third-order valence-electron chi connectivity index (χ3n) is 4.33. The van der Waals surface area contributed by atoms with Crippen molar-refractivity contribution in [2.45, 2.75) is 20.5 Å². The highest BCUT2D eigenvalue weighted by Crippen LogP contribution is 2.26. The number of aromatic nitrogens is 3. The molecule has 4 nitrogen and oxygen atoms in total. The lowest BCUT2D eigenvalue weighted by molar-refractivity contribution is 0.301. The Labute approximate surface area is 150 Å². The number of imidazole rings is 1. The summed E-state index contributed by atoms with van der Waals surface area (Å²) in [7, 11) is 0. The summed E-state index contributed by atoms with van der Waals surface area (Å²) in [6, 6.07) is 12.2. The van der Waals surface area contributed by atoms with E-state index in [1.54, 1.807) is 12.1 Å². The second-order valence-electron chi connectivity index (χ2n) is 6.29. The molecule has 130 valence electrons. The van der Waals surface area contributed by atoms with Crippen LogP contribution in [0.25, 0.3) is 16.9 Å². The number of hydrogen-bond acceptors (Lipinski definition) is 3. The Kier molecular flexibility index (Phi) is 4.13. The summed E-state index contributed by atoms with van der Waals surface area (Å²) in [6.45, 7) is 4.50. The molecule has 4 rings (SSSR count). The van der Waals surface area contributed by atoms with Crippen LogP contribution in [0.4, 0.5) is 4.39 Å². The molecule has 0 bridgehead atoms. The van der Waals surface area contributed by atoms with Gasteiger partial charge in [0.1, 0.15) is 18.2 Å². The van der Waals surface area contributed by atoms with Gasteiger partial charge in [0.25, 0.3) is 0 Å². The summed E-state index contributed by atoms with van der Waals surface area (Å²) in [6.07, 6.45) is 5.79. The second-order valence-corrected chi connectivity index (χ2v) is 6.29. The van der Waals surface area contributed by atoms with Crippen LogP contribution in [-0.4, -0.2) is 14.4 Å². The molecule has 2 heterocycles. The minimum Gasteiger partial charge on any atom is -0.487 e. The topological polar surface area (TPSA) is 39.4 Å². The highest BCUT2D eigenvalue weighted by molar-refractivity contribution is 5.70. The van der Waals surface area contributed by atoms with Gasteiger partial charge in [-0.25, -0.2) is 14.4 Å². The third kappa shape index (κ3) is 3.16. The quantitative estimate of drug-likeness (QED) is 0.536. The Hall–Kier alpha value is -3.21. The molecule has 0 fully saturated rings. The maximum absolute atomic E-state index is 12.9. The summed E-state index contributed by atoms with van der Waals surface area (Å²) in [5, 5.41) is 0. The van der Waals surface area contributed by atoms with Gasteiger partial charge in [-0.15, -0.1) is 0 Å². The molecule has 0 N–H and O–H groups in total. The lowest BCUT2D eigenvalue weighted by Crippen LogP contribution is -1.95. The molecule has 0 amide bonds. The Morgan fingerprint density at radius 1 is 1.00 bits per heavy atom. The van der Waals surface area contributed by atoms with Crippen LogP contribution in [0, 0.1) is 19.7 Å². The second kappa shape index (κ2) is 6.59. The number of halogens is 1. The van der Waals surface area contributed by atoms with Crippen LogP contribution >= 0.6 is 0 Å². The van der Waals surface area contributed by atoms with Gasteiger partial charge in [-0.1, -0.05) is 18.2 Å². The van der Waals surface area contributed by atoms with Gasteiger partial charge in [-0.05, 0) is 54.8 Å². The first-order valence-electron chi connectivity index (χ1n) is 8.39. The lowest BCUT2D eigenvalue weighted by atomic mass is 9.98. The zero-order valence-electron chi connectivity index (χ0n) is 14.6. The zero-order chi connectivity index (χ0) is 18.1. The number of nitrogens with zero attached hydrogens (tertiary/aromatic N) is 3. The summed E-state index contributed by atoms with van der Waals surface area (Å²) >= 11 is 0. The molecule has 26 heavy (non-hydrogen) atoms. The van der Waals surface area contributed by atoms with Crippen molar-refractivity contribution >= 4 is 5.78 Å². The first-order valence-corrected chi connectivity index (χ1v) is 8.39. The average Bonchev–Trinajstić information content (AvgIpc) is 3.03. The van der Waals surface area contributed by atoms with Gasteiger partial charge in [0.15, 0.2) is 0 Å². The summed E-state index contributed by atoms with van der Waals surface area (Å²) in [5.41, 5.74) is 5.44. The summed E-state index contributed by atoms with van der Waals surface area (Å²) in [5.74, 6) is 0.943. The van der Waals surface area contributed by atoms with E-state index in [4.69, 9.17) is 4.74 Å². The summed E-state index contributed by atoms with van der Waals surface area (Å²) in [4.78, 5) is 8.95. The Morgan fingerprint density at radius 2 is 1.73 bits per heavy atom. The van der Waals surface area contributed by atoms with E-state index in [0.717, 1.165) is 11.3 Å². The predicted molar refractivity (Wildman–Crippen MR) is 98.6 cm³/mol. The van der Waals surface area contributed by atoms with Crippen molar-refractivity contribution in [1.29, 1.82) is 0 Å². The van der Waals surface area contributed by atoms with Crippen LogP contribution < -0.4 is 4.74 Å². The van der Waals surface area contributed by atoms with Crippen LogP contribution in [0.5, 0.6) is 5.75 Å². The number of ether oxygens (including phenoxy) is 1. The molecule has 0 aliphatic rings. The van der Waals surface area contributed by atoms with Crippen LogP contribution in [0.3, 0.4) is 0 Å². The normalized spacial score (nSPS) is 11.0. The van der Waals surface area contributed by atoms with Crippen LogP contribution in [0.15, 0.2) is 61.1 Å². The number of aryl methyl sites for hydroxylation is 2. The van der Waals surface area contributed by atoms with Gasteiger partial charge in [0, 0.05) is 24.2 Å². The van der Waals surface area contributed by atoms with Crippen molar-refractivity contribution in [3.05, 3.63) is 83.7 Å². The molecule has 0 aliphatic carbocycles. The van der Waals surface area contributed by atoms with E-state index in [1.807, 2.05) is 23.0 Å². The first kappa shape index (κ1) is 16.3. The largest absolute Gasteiger partial charge is 0.487 e. The van der Waals surface area contributed by atoms with Gasteiger partial charge < -0.3 is 4.74 Å². The standard InChI is InChI=1S/C21H18FN3O/c1-14-4-3-5-15(2)20(14)16-10-23-21-24-18(12-25(21)11-16)13-26-19-8-6-17(22)7-9-19/h3-12H,13H2,1-2H3. The minimum absolute atomic E-state index is 0.284. The van der Waals surface area contributed by atoms with E-state index in [9.17, 15) is 4.39 Å².